The van der Waals surface area contributed by atoms with Crippen LogP contribution in [0.15, 0.2) is 5.22 Å². The first kappa shape index (κ1) is 6.57. The van der Waals surface area contributed by atoms with Crippen molar-refractivity contribution in [2.45, 2.75) is 6.42 Å². The summed E-state index contributed by atoms with van der Waals surface area (Å²) >= 11 is 0. The first-order valence-corrected chi connectivity index (χ1v) is 2.65. The lowest BCUT2D eigenvalue weighted by molar-refractivity contribution is -0.140. The lowest BCUT2D eigenvalue weighted by Crippen LogP contribution is -2.20. The molecule has 1 aliphatic rings. The molecule has 1 saturated heterocycles. The largest absolute Gasteiger partial charge is 0.380 e. The van der Waals surface area contributed by atoms with Crippen molar-refractivity contribution in [2.24, 2.45) is 5.22 Å². The summed E-state index contributed by atoms with van der Waals surface area (Å²) in [6.45, 7) is 0.210. The molecule has 0 N–H and O–H groups in total. The number of carbonyl (C=O) groups is 2. The number of hydrogen-bond acceptors (Lipinski definition) is 3. The molecule has 0 bridgehead atoms. The Bertz CT molecular complexity index is 229. The molecule has 6 heteroatoms. The Morgan fingerprint density at radius 3 is 2.70 bits per heavy atom. The summed E-state index contributed by atoms with van der Waals surface area (Å²) in [5.74, 6) is -1.20. The summed E-state index contributed by atoms with van der Waals surface area (Å²) < 4.78 is 0. The van der Waals surface area contributed by atoms with Crippen LogP contribution in [0.5, 0.6) is 0 Å². The maximum Gasteiger partial charge on any atom is 0.380 e. The minimum absolute atomic E-state index is 0.151. The number of ketones is 1. The molecule has 0 spiro atoms. The molecule has 1 fully saturated rings. The summed E-state index contributed by atoms with van der Waals surface area (Å²) in [4.78, 5) is 23.5. The highest BCUT2D eigenvalue weighted by Gasteiger charge is 2.33. The maximum absolute atomic E-state index is 10.6. The van der Waals surface area contributed by atoms with Gasteiger partial charge >= 0.3 is 5.91 Å². The molecule has 1 rings (SSSR count). The molecule has 0 aromatic rings. The third-order valence-corrected chi connectivity index (χ3v) is 1.17. The molecule has 0 aromatic carbocycles. The zero-order valence-electron chi connectivity index (χ0n) is 5.02. The minimum atomic E-state index is -0.710. The van der Waals surface area contributed by atoms with E-state index < -0.39 is 11.7 Å². The quantitative estimate of drug-likeness (QED) is 0.222. The molecule has 1 aliphatic heterocycles. The number of amides is 1. The summed E-state index contributed by atoms with van der Waals surface area (Å²) in [7, 11) is 0. The van der Waals surface area contributed by atoms with E-state index >= 15 is 0 Å². The highest BCUT2D eigenvalue weighted by molar-refractivity contribution is 6.37. The normalized spacial score (nSPS) is 17.4. The molecular formula is C4H4N4O2. The highest BCUT2D eigenvalue weighted by Crippen LogP contribution is 2.05. The first-order chi connectivity index (χ1) is 4.75. The molecule has 0 radical (unpaired) electrons. The van der Waals surface area contributed by atoms with Crippen LogP contribution in [0.4, 0.5) is 0 Å². The van der Waals surface area contributed by atoms with E-state index in [-0.39, 0.29) is 13.0 Å². The number of rotatable bonds is 1. The Labute approximate surface area is 56.0 Å². The molecule has 0 aromatic heterocycles. The highest BCUT2D eigenvalue weighted by atomic mass is 16.2. The van der Waals surface area contributed by atoms with E-state index in [4.69, 9.17) is 5.53 Å². The lowest BCUT2D eigenvalue weighted by atomic mass is 10.3. The predicted octanol–water partition coefficient (Wildman–Crippen LogP) is 0.0131. The Morgan fingerprint density at radius 2 is 2.30 bits per heavy atom. The molecule has 1 heterocycles. The van der Waals surface area contributed by atoms with Gasteiger partial charge in [0, 0.05) is 0 Å². The minimum Gasteiger partial charge on any atom is -0.286 e. The van der Waals surface area contributed by atoms with Gasteiger partial charge in [-0.15, -0.1) is 5.53 Å². The third-order valence-electron chi connectivity index (χ3n) is 1.17. The fourth-order valence-electron chi connectivity index (χ4n) is 0.693. The fraction of sp³-hybridized carbons (Fsp3) is 0.500. The van der Waals surface area contributed by atoms with Crippen LogP contribution in [0.25, 0.3) is 10.4 Å². The molecule has 0 atom stereocenters. The number of azide groups is 1. The van der Waals surface area contributed by atoms with Gasteiger partial charge < -0.3 is 0 Å². The maximum atomic E-state index is 10.6. The topological polar surface area (TPSA) is 86.1 Å². The molecule has 0 saturated carbocycles. The van der Waals surface area contributed by atoms with Gasteiger partial charge in [-0.05, 0) is 5.22 Å². The van der Waals surface area contributed by atoms with E-state index in [2.05, 4.69) is 10.1 Å². The van der Waals surface area contributed by atoms with Crippen molar-refractivity contribution in [2.75, 3.05) is 6.54 Å². The van der Waals surface area contributed by atoms with Gasteiger partial charge in [-0.25, -0.2) is 4.79 Å². The van der Waals surface area contributed by atoms with Gasteiger partial charge in [-0.3, -0.25) is 4.79 Å². The van der Waals surface area contributed by atoms with Crippen LogP contribution in [0.2, 0.25) is 0 Å². The Morgan fingerprint density at radius 1 is 1.60 bits per heavy atom. The van der Waals surface area contributed by atoms with E-state index in [0.717, 1.165) is 5.01 Å². The average molecular weight is 140 g/mol. The molecule has 0 unspecified atom stereocenters. The number of hydrogen-bond donors (Lipinski definition) is 0. The van der Waals surface area contributed by atoms with E-state index in [1.54, 1.807) is 0 Å². The van der Waals surface area contributed by atoms with Crippen molar-refractivity contribution < 1.29 is 9.59 Å². The summed E-state index contributed by atoms with van der Waals surface area (Å²) in [6, 6.07) is 0. The molecule has 6 nitrogen and oxygen atoms in total. The molecule has 10 heavy (non-hydrogen) atoms. The van der Waals surface area contributed by atoms with Crippen LogP contribution in [0.1, 0.15) is 6.42 Å². The van der Waals surface area contributed by atoms with Gasteiger partial charge in [0.2, 0.25) is 5.78 Å². The second-order valence-corrected chi connectivity index (χ2v) is 1.78. The molecular weight excluding hydrogens is 136 g/mol. The zero-order chi connectivity index (χ0) is 7.56. The fourth-order valence-corrected chi connectivity index (χ4v) is 0.693. The Balaban J connectivity index is 2.75. The smallest absolute Gasteiger partial charge is 0.286 e. The lowest BCUT2D eigenvalue weighted by Gasteiger charge is -1.96. The van der Waals surface area contributed by atoms with Gasteiger partial charge in [0.1, 0.15) is 6.54 Å². The second-order valence-electron chi connectivity index (χ2n) is 1.78. The Hall–Kier alpha value is -1.55. The summed E-state index contributed by atoms with van der Waals surface area (Å²) in [5, 5.41) is 3.82. The van der Waals surface area contributed by atoms with Crippen LogP contribution < -0.4 is 0 Å². The van der Waals surface area contributed by atoms with Crippen molar-refractivity contribution >= 4 is 11.7 Å². The van der Waals surface area contributed by atoms with Crippen molar-refractivity contribution in [3.63, 3.8) is 0 Å². The number of carbonyl (C=O) groups excluding carboxylic acids is 2. The van der Waals surface area contributed by atoms with Crippen LogP contribution >= 0.6 is 0 Å². The number of Topliss-reactive ketones (excluding diaryl/α,β-unsaturated/α-hetero) is 1. The molecule has 0 aliphatic carbocycles. The van der Waals surface area contributed by atoms with E-state index in [0.29, 0.717) is 0 Å². The third kappa shape index (κ3) is 0.918. The van der Waals surface area contributed by atoms with Crippen molar-refractivity contribution in [3.05, 3.63) is 10.4 Å². The van der Waals surface area contributed by atoms with Crippen LogP contribution in [0, 0.1) is 0 Å². The van der Waals surface area contributed by atoms with Crippen LogP contribution in [-0.2, 0) is 9.59 Å². The Kier molecular flexibility index (Phi) is 1.55. The standard InChI is InChI=1S/C4H4N4O2/c5-6-7-8-2-1-3(9)4(8)10/h1-2H2. The van der Waals surface area contributed by atoms with Gasteiger partial charge in [-0.2, -0.15) is 9.92 Å². The average Bonchev–Trinajstić information content (AvgIpc) is 2.20. The van der Waals surface area contributed by atoms with Crippen molar-refractivity contribution in [1.82, 2.24) is 5.01 Å². The van der Waals surface area contributed by atoms with E-state index in [1.807, 2.05) is 0 Å². The SMILES string of the molecule is [N-]=[N+]=NN1CCC(=O)C1=O. The summed E-state index contributed by atoms with van der Waals surface area (Å²) in [5.41, 5.74) is 7.88. The first-order valence-electron chi connectivity index (χ1n) is 2.65. The van der Waals surface area contributed by atoms with E-state index in [1.165, 1.54) is 0 Å². The monoisotopic (exact) mass is 140 g/mol. The van der Waals surface area contributed by atoms with Gasteiger partial charge in [0.15, 0.2) is 0 Å². The molecule has 52 valence electrons. The van der Waals surface area contributed by atoms with Gasteiger partial charge in [-0.1, -0.05) is 0 Å². The van der Waals surface area contributed by atoms with Gasteiger partial charge in [0.05, 0.1) is 6.42 Å². The predicted molar refractivity (Wildman–Crippen MR) is 30.5 cm³/mol. The van der Waals surface area contributed by atoms with Crippen molar-refractivity contribution in [1.29, 1.82) is 0 Å². The zero-order valence-corrected chi connectivity index (χ0v) is 5.02. The van der Waals surface area contributed by atoms with Gasteiger partial charge in [0.25, 0.3) is 0 Å². The van der Waals surface area contributed by atoms with Crippen molar-refractivity contribution in [3.8, 4) is 0 Å². The summed E-state index contributed by atoms with van der Waals surface area (Å²) in [6.07, 6.45) is 0.151. The van der Waals surface area contributed by atoms with Crippen LogP contribution in [-0.4, -0.2) is 23.2 Å². The van der Waals surface area contributed by atoms with Crippen LogP contribution in [0.3, 0.4) is 0 Å². The second kappa shape index (κ2) is 2.36. The number of nitrogens with zero attached hydrogens (tertiary/aromatic N) is 4. The molecule has 1 amide bonds. The van der Waals surface area contributed by atoms with E-state index in [9.17, 15) is 9.59 Å².